The molecule has 2 aromatic heterocycles. The van der Waals surface area contributed by atoms with Gasteiger partial charge in [0.25, 0.3) is 5.91 Å². The fourth-order valence-electron chi connectivity index (χ4n) is 5.47. The van der Waals surface area contributed by atoms with Crippen LogP contribution in [0.15, 0.2) is 65.1 Å². The molecule has 0 unspecified atom stereocenters. The average molecular weight is 695 g/mol. The molecule has 1 fully saturated rings. The van der Waals surface area contributed by atoms with Crippen molar-refractivity contribution in [2.24, 2.45) is 5.73 Å². The maximum absolute atomic E-state index is 15.3. The van der Waals surface area contributed by atoms with Gasteiger partial charge >= 0.3 is 0 Å². The Hall–Kier alpha value is -5.14. The smallest absolute Gasteiger partial charge is 0.251 e. The maximum Gasteiger partial charge on any atom is 0.251 e. The second-order valence-corrected chi connectivity index (χ2v) is 12.0. The number of oxazole rings is 1. The van der Waals surface area contributed by atoms with Gasteiger partial charge in [-0.2, -0.15) is 0 Å². The minimum atomic E-state index is -2.11. The second-order valence-electron chi connectivity index (χ2n) is 11.6. The minimum absolute atomic E-state index is 0.0286. The maximum atomic E-state index is 15.3. The summed E-state index contributed by atoms with van der Waals surface area (Å²) in [6, 6.07) is 14.0. The Kier molecular flexibility index (Phi) is 8.99. The predicted molar refractivity (Wildman–Crippen MR) is 173 cm³/mol. The number of pyridine rings is 1. The van der Waals surface area contributed by atoms with Crippen LogP contribution in [0, 0.1) is 11.6 Å². The van der Waals surface area contributed by atoms with Gasteiger partial charge in [0.05, 0.1) is 37.4 Å². The molecule has 0 aliphatic heterocycles. The van der Waals surface area contributed by atoms with Crippen LogP contribution in [0.2, 0.25) is 5.02 Å². The van der Waals surface area contributed by atoms with Gasteiger partial charge in [0.15, 0.2) is 16.8 Å². The number of nitrogens with one attached hydrogen (secondary N) is 1. The van der Waals surface area contributed by atoms with Gasteiger partial charge < -0.3 is 30.0 Å². The number of aromatic nitrogens is 2. The number of alkyl halides is 1. The van der Waals surface area contributed by atoms with Crippen LogP contribution in [0.5, 0.6) is 11.5 Å². The predicted octanol–water partition coefficient (Wildman–Crippen LogP) is 5.88. The monoisotopic (exact) mass is 694 g/mol. The Morgan fingerprint density at radius 3 is 2.49 bits per heavy atom. The first-order valence-corrected chi connectivity index (χ1v) is 15.6. The van der Waals surface area contributed by atoms with Gasteiger partial charge in [-0.05, 0) is 49.6 Å². The summed E-state index contributed by atoms with van der Waals surface area (Å²) in [5.41, 5.74) is 2.07. The van der Waals surface area contributed by atoms with Crippen LogP contribution in [0.3, 0.4) is 0 Å². The average Bonchev–Trinajstić information content (AvgIpc) is 3.68. The quantitative estimate of drug-likeness (QED) is 0.137. The number of nitrogens with zero attached hydrogens (tertiary/aromatic N) is 2. The standard InChI is InChI=1S/C35H30ClF3N4O6/c1-3-48-31-18(14-28(40)44)13-27(42-29(31)21-15-22(36)24(38)16-23(21)37)35(46,20-7-5-4-6-8-20)17-41-32(45)19-11-25(47-2)30-26(12-19)49-33(43-30)34(39)9-10-34/h4-8,11-13,15-16,46H,3,9-10,14,17H2,1-2H3,(H2,40,44)(H,41,45)/t35-/m1/s1. The third-order valence-electron chi connectivity index (χ3n) is 8.16. The molecule has 3 aromatic carbocycles. The summed E-state index contributed by atoms with van der Waals surface area (Å²) in [5.74, 6) is -3.43. The lowest BCUT2D eigenvalue weighted by molar-refractivity contribution is -0.117. The molecule has 4 N–H and O–H groups in total. The van der Waals surface area contributed by atoms with Crippen LogP contribution >= 0.6 is 11.6 Å². The summed E-state index contributed by atoms with van der Waals surface area (Å²) in [5, 5.41) is 14.7. The Balaban J connectivity index is 1.45. The molecule has 1 aliphatic rings. The van der Waals surface area contributed by atoms with Gasteiger partial charge in [0.2, 0.25) is 11.8 Å². The summed E-state index contributed by atoms with van der Waals surface area (Å²) in [7, 11) is 1.37. The van der Waals surface area contributed by atoms with E-state index < -0.39 is 52.7 Å². The zero-order valence-corrected chi connectivity index (χ0v) is 27.0. The molecule has 1 atom stereocenters. The highest BCUT2D eigenvalue weighted by molar-refractivity contribution is 6.31. The Morgan fingerprint density at radius 2 is 1.84 bits per heavy atom. The fourth-order valence-corrected chi connectivity index (χ4v) is 5.64. The van der Waals surface area contributed by atoms with Crippen LogP contribution in [-0.4, -0.2) is 47.2 Å². The van der Waals surface area contributed by atoms with Crippen LogP contribution in [0.4, 0.5) is 13.2 Å². The van der Waals surface area contributed by atoms with Gasteiger partial charge in [-0.15, -0.1) is 0 Å². The summed E-state index contributed by atoms with van der Waals surface area (Å²) < 4.78 is 61.1. The van der Waals surface area contributed by atoms with E-state index in [0.29, 0.717) is 6.07 Å². The minimum Gasteiger partial charge on any atom is -0.494 e. The molecule has 2 heterocycles. The molecular formula is C35H30ClF3N4O6. The van der Waals surface area contributed by atoms with Crippen molar-refractivity contribution < 1.29 is 41.8 Å². The van der Waals surface area contributed by atoms with Crippen molar-refractivity contribution in [3.05, 3.63) is 106 Å². The molecule has 0 saturated heterocycles. The molecular weight excluding hydrogens is 665 g/mol. The van der Waals surface area contributed by atoms with E-state index in [0.717, 1.165) is 6.07 Å². The largest absolute Gasteiger partial charge is 0.494 e. The van der Waals surface area contributed by atoms with Gasteiger partial charge in [-0.3, -0.25) is 9.59 Å². The summed E-state index contributed by atoms with van der Waals surface area (Å²) in [4.78, 5) is 34.6. The Bertz CT molecular complexity index is 2090. The van der Waals surface area contributed by atoms with Gasteiger partial charge in [-0.1, -0.05) is 41.9 Å². The highest BCUT2D eigenvalue weighted by atomic mass is 35.5. The highest BCUT2D eigenvalue weighted by Crippen LogP contribution is 2.50. The zero-order valence-electron chi connectivity index (χ0n) is 26.3. The molecule has 0 bridgehead atoms. The van der Waals surface area contributed by atoms with Crippen molar-refractivity contribution in [2.45, 2.75) is 37.5 Å². The Labute approximate surface area is 283 Å². The number of halogens is 4. The molecule has 6 rings (SSSR count). The highest BCUT2D eigenvalue weighted by Gasteiger charge is 2.50. The van der Waals surface area contributed by atoms with Crippen LogP contribution in [0.25, 0.3) is 22.4 Å². The molecule has 14 heteroatoms. The lowest BCUT2D eigenvalue weighted by atomic mass is 9.87. The van der Waals surface area contributed by atoms with E-state index in [1.54, 1.807) is 37.3 Å². The number of rotatable bonds is 12. The molecule has 10 nitrogen and oxygen atoms in total. The first kappa shape index (κ1) is 33.7. The molecule has 254 valence electrons. The van der Waals surface area contributed by atoms with Crippen molar-refractivity contribution >= 4 is 34.5 Å². The molecule has 1 saturated carbocycles. The van der Waals surface area contributed by atoms with Crippen LogP contribution in [-0.2, 0) is 22.5 Å². The first-order chi connectivity index (χ1) is 23.4. The van der Waals surface area contributed by atoms with Crippen LogP contribution in [0.1, 0.15) is 52.8 Å². The number of nitrogens with two attached hydrogens (primary N) is 1. The van der Waals surface area contributed by atoms with Gasteiger partial charge in [0.1, 0.15) is 34.4 Å². The SMILES string of the molecule is CCOc1c(CC(N)=O)cc([C@@](O)(CNC(=O)c2cc(OC)c3nc(C4(F)CC4)oc3c2)c2ccccc2)nc1-c1cc(Cl)c(F)cc1F. The number of hydrogen-bond acceptors (Lipinski definition) is 8. The lowest BCUT2D eigenvalue weighted by Crippen LogP contribution is -2.42. The fraction of sp³-hybridized carbons (Fsp3) is 0.257. The van der Waals surface area contributed by atoms with E-state index in [4.69, 9.17) is 31.2 Å². The number of carbonyl (C=O) groups excluding carboxylic acids is 2. The third-order valence-corrected chi connectivity index (χ3v) is 8.45. The van der Waals surface area contributed by atoms with E-state index in [1.165, 1.54) is 25.3 Å². The van der Waals surface area contributed by atoms with Crippen molar-refractivity contribution in [1.82, 2.24) is 15.3 Å². The van der Waals surface area contributed by atoms with E-state index >= 15 is 4.39 Å². The number of fused-ring (bicyclic) bond motifs is 1. The number of amides is 2. The second kappa shape index (κ2) is 13.1. The number of ether oxygens (including phenoxy) is 2. The van der Waals surface area contributed by atoms with Crippen molar-refractivity contribution in [2.75, 3.05) is 20.3 Å². The topological polar surface area (TPSA) is 150 Å². The summed E-state index contributed by atoms with van der Waals surface area (Å²) in [6.07, 6.45) is 0.151. The zero-order chi connectivity index (χ0) is 35.1. The summed E-state index contributed by atoms with van der Waals surface area (Å²) in [6.45, 7) is 1.24. The first-order valence-electron chi connectivity index (χ1n) is 15.2. The number of hydrogen-bond donors (Lipinski definition) is 3. The van der Waals surface area contributed by atoms with Gasteiger partial charge in [-0.25, -0.2) is 23.1 Å². The van der Waals surface area contributed by atoms with Crippen molar-refractivity contribution in [3.8, 4) is 22.8 Å². The van der Waals surface area contributed by atoms with E-state index in [1.807, 2.05) is 0 Å². The van der Waals surface area contributed by atoms with E-state index in [-0.39, 0.29) is 81.6 Å². The molecule has 0 spiro atoms. The Morgan fingerprint density at radius 1 is 1.10 bits per heavy atom. The number of carbonyl (C=O) groups is 2. The number of methoxy groups -OCH3 is 1. The third kappa shape index (κ3) is 6.51. The van der Waals surface area contributed by atoms with Crippen molar-refractivity contribution in [3.63, 3.8) is 0 Å². The molecule has 5 aromatic rings. The molecule has 49 heavy (non-hydrogen) atoms. The summed E-state index contributed by atoms with van der Waals surface area (Å²) >= 11 is 6.02. The van der Waals surface area contributed by atoms with E-state index in [2.05, 4.69) is 15.3 Å². The van der Waals surface area contributed by atoms with Crippen LogP contribution < -0.4 is 20.5 Å². The molecule has 0 radical (unpaired) electrons. The molecule has 2 amide bonds. The molecule has 1 aliphatic carbocycles. The van der Waals surface area contributed by atoms with Crippen molar-refractivity contribution in [1.29, 1.82) is 0 Å². The number of primary amides is 1. The van der Waals surface area contributed by atoms with Gasteiger partial charge in [0, 0.05) is 22.8 Å². The number of aliphatic hydroxyl groups is 1. The van der Waals surface area contributed by atoms with E-state index in [9.17, 15) is 23.5 Å². The number of benzene rings is 3. The lowest BCUT2D eigenvalue weighted by Gasteiger charge is -2.30. The normalized spacial score (nSPS) is 14.7.